The summed E-state index contributed by atoms with van der Waals surface area (Å²) in [7, 11) is 0. The highest BCUT2D eigenvalue weighted by molar-refractivity contribution is 7.99. The normalized spacial score (nSPS) is 18.4. The van der Waals surface area contributed by atoms with Crippen molar-refractivity contribution in [1.82, 2.24) is 19.8 Å². The van der Waals surface area contributed by atoms with Gasteiger partial charge in [0, 0.05) is 73.0 Å². The molecule has 6 rings (SSSR count). The quantitative estimate of drug-likeness (QED) is 0.314. The van der Waals surface area contributed by atoms with Crippen LogP contribution >= 0.6 is 23.1 Å². The number of nitrogens with zero attached hydrogens (tertiary/aromatic N) is 5. The Bertz CT molecular complexity index is 1460. The van der Waals surface area contributed by atoms with Crippen LogP contribution in [-0.4, -0.2) is 76.2 Å². The fourth-order valence-electron chi connectivity index (χ4n) is 5.61. The zero-order chi connectivity index (χ0) is 29.6. The Hall–Kier alpha value is -2.83. The SMILES string of the molecule is CCc1cc(N2CCN(C(C)C)CC2)ccc1Nc1ncc(C(F)(F)F)c(-c2cc3c(s2)C(=O)N(C2CC2)CCS3)n1. The number of fused-ring (bicyclic) bond motifs is 1. The highest BCUT2D eigenvalue weighted by Gasteiger charge is 2.39. The minimum absolute atomic E-state index is 0.0898. The second-order valence-electron chi connectivity index (χ2n) is 11.3. The van der Waals surface area contributed by atoms with Crippen LogP contribution in [0.2, 0.25) is 0 Å². The number of aryl methyl sites for hydroxylation is 1. The molecule has 4 heterocycles. The molecule has 1 N–H and O–H groups in total. The number of anilines is 3. The number of nitrogens with one attached hydrogen (secondary N) is 1. The summed E-state index contributed by atoms with van der Waals surface area (Å²) in [6.07, 6.45) is -1.08. The standard InChI is InChI=1S/C30H35F3N6OS2/c1-4-19-15-21(38-11-9-37(10-12-38)18(2)3)7-8-23(19)35-29-34-17-22(30(31,32)33)26(36-29)24-16-25-27(42-24)28(40)39(13-14-41-25)20-5-6-20/h7-8,15-18,20H,4-6,9-14H2,1-3H3,(H,34,35,36). The predicted octanol–water partition coefficient (Wildman–Crippen LogP) is 6.77. The summed E-state index contributed by atoms with van der Waals surface area (Å²) in [6, 6.07) is 8.61. The first-order valence-corrected chi connectivity index (χ1v) is 16.3. The Balaban J connectivity index is 1.28. The smallest absolute Gasteiger partial charge is 0.369 e. The van der Waals surface area contributed by atoms with Crippen LogP contribution in [0.15, 0.2) is 35.4 Å². The van der Waals surface area contributed by atoms with Gasteiger partial charge in [0.2, 0.25) is 5.95 Å². The zero-order valence-corrected chi connectivity index (χ0v) is 25.6. The number of carbonyl (C=O) groups is 1. The van der Waals surface area contributed by atoms with Gasteiger partial charge in [-0.1, -0.05) is 6.92 Å². The minimum Gasteiger partial charge on any atom is -0.369 e. The van der Waals surface area contributed by atoms with Crippen LogP contribution in [0.4, 0.5) is 30.5 Å². The van der Waals surface area contributed by atoms with Gasteiger partial charge in [-0.2, -0.15) is 13.2 Å². The average Bonchev–Trinajstić information content (AvgIpc) is 3.75. The predicted molar refractivity (Wildman–Crippen MR) is 163 cm³/mol. The lowest BCUT2D eigenvalue weighted by atomic mass is 10.1. The Morgan fingerprint density at radius 1 is 1.10 bits per heavy atom. The molecule has 0 unspecified atom stereocenters. The number of rotatable bonds is 7. The van der Waals surface area contributed by atoms with E-state index in [2.05, 4.69) is 51.9 Å². The van der Waals surface area contributed by atoms with E-state index in [0.29, 0.717) is 22.3 Å². The number of benzene rings is 1. The van der Waals surface area contributed by atoms with E-state index in [1.165, 1.54) is 11.8 Å². The highest BCUT2D eigenvalue weighted by Crippen LogP contribution is 2.44. The van der Waals surface area contributed by atoms with Crippen LogP contribution in [0.25, 0.3) is 10.6 Å². The number of alkyl halides is 3. The van der Waals surface area contributed by atoms with Crippen LogP contribution in [0.1, 0.15) is 54.4 Å². The maximum absolute atomic E-state index is 14.1. The number of aromatic nitrogens is 2. The third-order valence-electron chi connectivity index (χ3n) is 8.18. The van der Waals surface area contributed by atoms with Gasteiger partial charge in [-0.25, -0.2) is 9.97 Å². The van der Waals surface area contributed by atoms with Crippen molar-refractivity contribution in [1.29, 1.82) is 0 Å². The van der Waals surface area contributed by atoms with E-state index >= 15 is 0 Å². The van der Waals surface area contributed by atoms with Gasteiger partial charge < -0.3 is 15.1 Å². The molecule has 1 saturated heterocycles. The molecule has 3 aromatic rings. The van der Waals surface area contributed by atoms with Gasteiger partial charge in [-0.3, -0.25) is 9.69 Å². The molecule has 1 amide bonds. The lowest BCUT2D eigenvalue weighted by molar-refractivity contribution is -0.137. The molecule has 1 aliphatic carbocycles. The number of piperazine rings is 1. The number of hydrogen-bond acceptors (Lipinski definition) is 8. The van der Waals surface area contributed by atoms with Crippen molar-refractivity contribution in [2.45, 2.75) is 63.2 Å². The van der Waals surface area contributed by atoms with Crippen molar-refractivity contribution in [2.24, 2.45) is 0 Å². The molecular formula is C30H35F3N6OS2. The van der Waals surface area contributed by atoms with Crippen LogP contribution in [0.3, 0.4) is 0 Å². The average molecular weight is 617 g/mol. The van der Waals surface area contributed by atoms with Crippen LogP contribution < -0.4 is 10.2 Å². The number of hydrogen-bond donors (Lipinski definition) is 1. The number of halogens is 3. The summed E-state index contributed by atoms with van der Waals surface area (Å²) in [5.74, 6) is 0.721. The number of thioether (sulfide) groups is 1. The highest BCUT2D eigenvalue weighted by atomic mass is 32.2. The second-order valence-corrected chi connectivity index (χ2v) is 13.5. The first-order chi connectivity index (χ1) is 20.1. The molecule has 42 heavy (non-hydrogen) atoms. The van der Waals surface area contributed by atoms with Crippen LogP contribution in [0.5, 0.6) is 0 Å². The van der Waals surface area contributed by atoms with Crippen molar-refractivity contribution in [3.8, 4) is 10.6 Å². The molecule has 0 radical (unpaired) electrons. The molecule has 1 aromatic carbocycles. The van der Waals surface area contributed by atoms with Crippen molar-refractivity contribution in [2.75, 3.05) is 48.7 Å². The van der Waals surface area contributed by atoms with Crippen molar-refractivity contribution >= 4 is 46.3 Å². The molecule has 1 saturated carbocycles. The Labute approximate surface area is 252 Å². The maximum atomic E-state index is 14.1. The topological polar surface area (TPSA) is 64.6 Å². The molecule has 12 heteroatoms. The molecule has 7 nitrogen and oxygen atoms in total. The third kappa shape index (κ3) is 5.98. The van der Waals surface area contributed by atoms with Gasteiger partial charge in [0.15, 0.2) is 0 Å². The summed E-state index contributed by atoms with van der Waals surface area (Å²) < 4.78 is 42.4. The van der Waals surface area contributed by atoms with Gasteiger partial charge in [-0.05, 0) is 62.9 Å². The summed E-state index contributed by atoms with van der Waals surface area (Å²) in [6.45, 7) is 11.1. The summed E-state index contributed by atoms with van der Waals surface area (Å²) in [5.41, 5.74) is 1.82. The zero-order valence-electron chi connectivity index (χ0n) is 24.0. The van der Waals surface area contributed by atoms with Crippen LogP contribution in [-0.2, 0) is 12.6 Å². The molecule has 0 spiro atoms. The lowest BCUT2D eigenvalue weighted by Gasteiger charge is -2.38. The van der Waals surface area contributed by atoms with E-state index in [1.54, 1.807) is 6.07 Å². The molecule has 3 aliphatic rings. The molecule has 2 aromatic heterocycles. The molecule has 2 fully saturated rings. The largest absolute Gasteiger partial charge is 0.420 e. The van der Waals surface area contributed by atoms with E-state index in [0.717, 1.165) is 90.6 Å². The van der Waals surface area contributed by atoms with Gasteiger partial charge in [0.25, 0.3) is 5.91 Å². The first kappa shape index (κ1) is 29.3. The molecule has 2 aliphatic heterocycles. The summed E-state index contributed by atoms with van der Waals surface area (Å²) in [5, 5.41) is 3.18. The van der Waals surface area contributed by atoms with Crippen molar-refractivity contribution in [3.63, 3.8) is 0 Å². The number of amides is 1. The Morgan fingerprint density at radius 3 is 2.52 bits per heavy atom. The van der Waals surface area contributed by atoms with Crippen molar-refractivity contribution < 1.29 is 18.0 Å². The molecule has 0 atom stereocenters. The van der Waals surface area contributed by atoms with Crippen LogP contribution in [0, 0.1) is 0 Å². The number of carbonyl (C=O) groups excluding carboxylic acids is 1. The number of thiophene rings is 1. The lowest BCUT2D eigenvalue weighted by Crippen LogP contribution is -2.48. The van der Waals surface area contributed by atoms with E-state index in [1.807, 2.05) is 17.0 Å². The van der Waals surface area contributed by atoms with Gasteiger partial charge in [-0.15, -0.1) is 23.1 Å². The van der Waals surface area contributed by atoms with E-state index in [9.17, 15) is 18.0 Å². The van der Waals surface area contributed by atoms with Crippen molar-refractivity contribution in [3.05, 3.63) is 46.5 Å². The molecule has 0 bridgehead atoms. The third-order valence-corrected chi connectivity index (χ3v) is 10.5. The van der Waals surface area contributed by atoms with E-state index < -0.39 is 11.7 Å². The second kappa shape index (κ2) is 11.7. The van der Waals surface area contributed by atoms with Gasteiger partial charge in [0.05, 0.1) is 10.6 Å². The fraction of sp³-hybridized carbons (Fsp3) is 0.500. The molecule has 224 valence electrons. The van der Waals surface area contributed by atoms with E-state index in [4.69, 9.17) is 0 Å². The van der Waals surface area contributed by atoms with Gasteiger partial charge in [0.1, 0.15) is 10.4 Å². The molecular weight excluding hydrogens is 581 g/mol. The summed E-state index contributed by atoms with van der Waals surface area (Å²) in [4.78, 5) is 30.0. The van der Waals surface area contributed by atoms with Gasteiger partial charge >= 0.3 is 6.18 Å². The Morgan fingerprint density at radius 2 is 1.86 bits per heavy atom. The fourth-order valence-corrected chi connectivity index (χ4v) is 7.93. The first-order valence-electron chi connectivity index (χ1n) is 14.5. The summed E-state index contributed by atoms with van der Waals surface area (Å²) >= 11 is 2.61. The van der Waals surface area contributed by atoms with E-state index in [-0.39, 0.29) is 23.6 Å². The Kier molecular flexibility index (Phi) is 8.14. The minimum atomic E-state index is -4.64. The monoisotopic (exact) mass is 616 g/mol. The maximum Gasteiger partial charge on any atom is 0.420 e.